The van der Waals surface area contributed by atoms with Gasteiger partial charge in [-0.15, -0.1) is 0 Å². The van der Waals surface area contributed by atoms with Crippen LogP contribution < -0.4 is 10.1 Å². The zero-order valence-corrected chi connectivity index (χ0v) is 19.4. The minimum absolute atomic E-state index is 0.119. The average molecular weight is 455 g/mol. The van der Waals surface area contributed by atoms with Crippen molar-refractivity contribution >= 4 is 22.8 Å². The molecule has 1 saturated heterocycles. The molecule has 0 aliphatic carbocycles. The van der Waals surface area contributed by atoms with E-state index in [1.165, 1.54) is 10.7 Å². The molecule has 0 bridgehead atoms. The molecule has 0 unspecified atom stereocenters. The number of aromatic nitrogens is 2. The molecule has 1 aromatic heterocycles. The summed E-state index contributed by atoms with van der Waals surface area (Å²) in [5.41, 5.74) is 1.40. The lowest BCUT2D eigenvalue weighted by molar-refractivity contribution is 0.119. The summed E-state index contributed by atoms with van der Waals surface area (Å²) in [5.74, 6) is 0.550. The third-order valence-electron chi connectivity index (χ3n) is 6.18. The van der Waals surface area contributed by atoms with Crippen LogP contribution in [0.25, 0.3) is 10.9 Å². The van der Waals surface area contributed by atoms with Gasteiger partial charge in [-0.25, -0.2) is 9.18 Å². The number of benzene rings is 2. The van der Waals surface area contributed by atoms with Gasteiger partial charge in [0, 0.05) is 25.2 Å². The van der Waals surface area contributed by atoms with Crippen molar-refractivity contribution < 1.29 is 18.7 Å². The Morgan fingerprint density at radius 1 is 1.21 bits per heavy atom. The molecular weight excluding hydrogens is 423 g/mol. The highest BCUT2D eigenvalue weighted by Gasteiger charge is 2.22. The summed E-state index contributed by atoms with van der Waals surface area (Å²) in [7, 11) is 1.70. The number of hydrogen-bond donors (Lipinski definition) is 1. The maximum Gasteiger partial charge on any atom is 0.413 e. The molecule has 8 heteroatoms. The zero-order chi connectivity index (χ0) is 23.4. The Bertz CT molecular complexity index is 1090. The van der Waals surface area contributed by atoms with Gasteiger partial charge < -0.3 is 14.4 Å². The number of hydrogen-bond acceptors (Lipinski definition) is 5. The SMILES string of the molecule is CC(C)N1CCC(COc2cc(F)c3c(NC(=O)OCc4ccccc4)nn(C)c3c2)CC1. The van der Waals surface area contributed by atoms with E-state index in [9.17, 15) is 9.18 Å². The zero-order valence-electron chi connectivity index (χ0n) is 19.4. The van der Waals surface area contributed by atoms with E-state index in [2.05, 4.69) is 29.2 Å². The lowest BCUT2D eigenvalue weighted by Gasteiger charge is -2.34. The first kappa shape index (κ1) is 23.0. The topological polar surface area (TPSA) is 68.6 Å². The minimum Gasteiger partial charge on any atom is -0.493 e. The van der Waals surface area contributed by atoms with E-state index >= 15 is 0 Å². The third kappa shape index (κ3) is 5.63. The molecule has 0 atom stereocenters. The Morgan fingerprint density at radius 3 is 2.64 bits per heavy atom. The van der Waals surface area contributed by atoms with Crippen LogP contribution in [0.2, 0.25) is 0 Å². The Kier molecular flexibility index (Phi) is 7.13. The quantitative estimate of drug-likeness (QED) is 0.547. The van der Waals surface area contributed by atoms with Crippen LogP contribution in [-0.4, -0.2) is 46.5 Å². The van der Waals surface area contributed by atoms with Gasteiger partial charge >= 0.3 is 6.09 Å². The number of fused-ring (bicyclic) bond motifs is 1. The van der Waals surface area contributed by atoms with Crippen LogP contribution in [0.5, 0.6) is 5.75 Å². The van der Waals surface area contributed by atoms with E-state index < -0.39 is 11.9 Å². The Balaban J connectivity index is 1.39. The van der Waals surface area contributed by atoms with Crippen molar-refractivity contribution in [1.29, 1.82) is 0 Å². The predicted molar refractivity (Wildman–Crippen MR) is 126 cm³/mol. The number of amides is 1. The fourth-order valence-corrected chi connectivity index (χ4v) is 4.19. The van der Waals surface area contributed by atoms with E-state index in [-0.39, 0.29) is 17.8 Å². The van der Waals surface area contributed by atoms with Crippen LogP contribution in [0.1, 0.15) is 32.3 Å². The van der Waals surface area contributed by atoms with Gasteiger partial charge in [0.1, 0.15) is 18.2 Å². The number of nitrogens with one attached hydrogen (secondary N) is 1. The first-order chi connectivity index (χ1) is 15.9. The monoisotopic (exact) mass is 454 g/mol. The number of carbonyl (C=O) groups is 1. The summed E-state index contributed by atoms with van der Waals surface area (Å²) in [4.78, 5) is 14.7. The van der Waals surface area contributed by atoms with Crippen LogP contribution in [0.4, 0.5) is 15.0 Å². The van der Waals surface area contributed by atoms with Gasteiger partial charge in [0.15, 0.2) is 5.82 Å². The Hall–Kier alpha value is -3.13. The maximum absolute atomic E-state index is 15.0. The molecule has 2 heterocycles. The van der Waals surface area contributed by atoms with Gasteiger partial charge in [0.05, 0.1) is 17.5 Å². The fourth-order valence-electron chi connectivity index (χ4n) is 4.19. The van der Waals surface area contributed by atoms with Gasteiger partial charge in [-0.2, -0.15) is 5.10 Å². The number of halogens is 1. The summed E-state index contributed by atoms with van der Waals surface area (Å²) in [5, 5.41) is 7.05. The van der Waals surface area contributed by atoms with Gasteiger partial charge in [0.25, 0.3) is 0 Å². The van der Waals surface area contributed by atoms with Crippen LogP contribution >= 0.6 is 0 Å². The molecule has 1 amide bonds. The number of nitrogens with zero attached hydrogens (tertiary/aromatic N) is 3. The molecule has 1 N–H and O–H groups in total. The summed E-state index contributed by atoms with van der Waals surface area (Å²) < 4.78 is 27.7. The van der Waals surface area contributed by atoms with Gasteiger partial charge in [0.2, 0.25) is 0 Å². The van der Waals surface area contributed by atoms with Crippen molar-refractivity contribution in [3.05, 3.63) is 53.8 Å². The first-order valence-corrected chi connectivity index (χ1v) is 11.4. The second kappa shape index (κ2) is 10.2. The van der Waals surface area contributed by atoms with Crippen LogP contribution in [-0.2, 0) is 18.4 Å². The second-order valence-corrected chi connectivity index (χ2v) is 8.84. The Labute approximate surface area is 193 Å². The molecule has 3 aromatic rings. The number of aryl methyl sites for hydroxylation is 1. The van der Waals surface area contributed by atoms with Crippen molar-refractivity contribution in [2.45, 2.75) is 39.3 Å². The third-order valence-corrected chi connectivity index (χ3v) is 6.18. The van der Waals surface area contributed by atoms with Crippen molar-refractivity contribution in [1.82, 2.24) is 14.7 Å². The largest absolute Gasteiger partial charge is 0.493 e. The molecule has 7 nitrogen and oxygen atoms in total. The van der Waals surface area contributed by atoms with Crippen molar-refractivity contribution in [2.24, 2.45) is 13.0 Å². The van der Waals surface area contributed by atoms with Crippen LogP contribution in [0.3, 0.4) is 0 Å². The maximum atomic E-state index is 15.0. The lowest BCUT2D eigenvalue weighted by Crippen LogP contribution is -2.39. The molecular formula is C25H31FN4O3. The standard InChI is InChI=1S/C25H31FN4O3/c1-17(2)30-11-9-19(10-12-30)15-32-20-13-21(26)23-22(14-20)29(3)28-24(23)27-25(31)33-16-18-7-5-4-6-8-18/h4-8,13-14,17,19H,9-12,15-16H2,1-3H3,(H,27,28,31). The van der Waals surface area contributed by atoms with E-state index in [0.717, 1.165) is 31.5 Å². The second-order valence-electron chi connectivity index (χ2n) is 8.84. The normalized spacial score (nSPS) is 15.2. The van der Waals surface area contributed by atoms with Crippen molar-refractivity contribution in [2.75, 3.05) is 25.0 Å². The summed E-state index contributed by atoms with van der Waals surface area (Å²) in [6, 6.07) is 13.0. The Morgan fingerprint density at radius 2 is 1.94 bits per heavy atom. The smallest absolute Gasteiger partial charge is 0.413 e. The van der Waals surface area contributed by atoms with Crippen LogP contribution in [0.15, 0.2) is 42.5 Å². The van der Waals surface area contributed by atoms with Crippen LogP contribution in [0, 0.1) is 11.7 Å². The number of piperidine rings is 1. The summed E-state index contributed by atoms with van der Waals surface area (Å²) in [6.07, 6.45) is 1.47. The van der Waals surface area contributed by atoms with E-state index in [1.807, 2.05) is 30.3 Å². The number of anilines is 1. The van der Waals surface area contributed by atoms with Crippen molar-refractivity contribution in [3.8, 4) is 5.75 Å². The molecule has 1 aliphatic heterocycles. The molecule has 0 radical (unpaired) electrons. The van der Waals surface area contributed by atoms with Gasteiger partial charge in [-0.1, -0.05) is 30.3 Å². The highest BCUT2D eigenvalue weighted by molar-refractivity contribution is 5.98. The van der Waals surface area contributed by atoms with Gasteiger partial charge in [-0.05, 0) is 51.3 Å². The number of ether oxygens (including phenoxy) is 2. The number of carbonyl (C=O) groups excluding carboxylic acids is 1. The van der Waals surface area contributed by atoms with Crippen molar-refractivity contribution in [3.63, 3.8) is 0 Å². The first-order valence-electron chi connectivity index (χ1n) is 11.4. The molecule has 1 fully saturated rings. The van der Waals surface area contributed by atoms with E-state index in [0.29, 0.717) is 29.8 Å². The predicted octanol–water partition coefficient (Wildman–Crippen LogP) is 4.96. The summed E-state index contributed by atoms with van der Waals surface area (Å²) in [6.45, 7) is 7.25. The summed E-state index contributed by atoms with van der Waals surface area (Å²) >= 11 is 0. The van der Waals surface area contributed by atoms with Gasteiger partial charge in [-0.3, -0.25) is 10.00 Å². The molecule has 0 spiro atoms. The highest BCUT2D eigenvalue weighted by Crippen LogP contribution is 2.30. The highest BCUT2D eigenvalue weighted by atomic mass is 19.1. The molecule has 176 valence electrons. The fraction of sp³-hybridized carbons (Fsp3) is 0.440. The molecule has 4 rings (SSSR count). The molecule has 33 heavy (non-hydrogen) atoms. The number of likely N-dealkylation sites (tertiary alicyclic amines) is 1. The molecule has 1 aliphatic rings. The number of rotatable bonds is 7. The average Bonchev–Trinajstić information content (AvgIpc) is 3.12. The van der Waals surface area contributed by atoms with E-state index in [4.69, 9.17) is 9.47 Å². The lowest BCUT2D eigenvalue weighted by atomic mass is 9.97. The molecule has 0 saturated carbocycles. The molecule has 2 aromatic carbocycles. The minimum atomic E-state index is -0.689. The van der Waals surface area contributed by atoms with E-state index in [1.54, 1.807) is 13.1 Å².